The van der Waals surface area contributed by atoms with E-state index in [1.54, 1.807) is 0 Å². The summed E-state index contributed by atoms with van der Waals surface area (Å²) in [6.45, 7) is 0. The van der Waals surface area contributed by atoms with Gasteiger partial charge in [0.25, 0.3) is 0 Å². The summed E-state index contributed by atoms with van der Waals surface area (Å²) in [6, 6.07) is 1.63. The molecule has 6 heteroatoms. The highest BCUT2D eigenvalue weighted by atomic mass is 127. The van der Waals surface area contributed by atoms with E-state index in [-0.39, 0.29) is 23.7 Å². The van der Waals surface area contributed by atoms with Crippen LogP contribution in [0.25, 0.3) is 0 Å². The standard InChI is InChI=1S/C12H15FIN3O/c13-9-6-16-11(5-10(9)14)17-12(18)7-2-1-3-8(15)4-7/h5-8H,1-4,15H2,(H,16,17,18)/t7-,8+/m1/s1. The molecule has 0 aliphatic heterocycles. The zero-order chi connectivity index (χ0) is 13.1. The molecule has 1 fully saturated rings. The van der Waals surface area contributed by atoms with Crippen molar-refractivity contribution in [1.82, 2.24) is 4.98 Å². The Kier molecular flexibility index (Phi) is 4.50. The SMILES string of the molecule is N[C@H]1CCC[C@@H](C(=O)Nc2cc(I)c(F)cn2)C1. The number of aromatic nitrogens is 1. The highest BCUT2D eigenvalue weighted by Crippen LogP contribution is 2.24. The third kappa shape index (κ3) is 3.38. The molecule has 0 saturated heterocycles. The van der Waals surface area contributed by atoms with E-state index >= 15 is 0 Å². The smallest absolute Gasteiger partial charge is 0.228 e. The maximum atomic E-state index is 13.0. The number of carbonyl (C=O) groups excluding carboxylic acids is 1. The Morgan fingerprint density at radius 1 is 1.56 bits per heavy atom. The molecule has 0 aromatic carbocycles. The van der Waals surface area contributed by atoms with Crippen molar-refractivity contribution in [3.63, 3.8) is 0 Å². The Hall–Kier alpha value is -0.760. The van der Waals surface area contributed by atoms with Gasteiger partial charge in [-0.15, -0.1) is 0 Å². The Balaban J connectivity index is 2.00. The molecule has 1 aliphatic rings. The number of hydrogen-bond donors (Lipinski definition) is 2. The maximum absolute atomic E-state index is 13.0. The van der Waals surface area contributed by atoms with E-state index in [1.165, 1.54) is 6.07 Å². The maximum Gasteiger partial charge on any atom is 0.228 e. The van der Waals surface area contributed by atoms with E-state index in [0.29, 0.717) is 15.8 Å². The van der Waals surface area contributed by atoms with Gasteiger partial charge in [0.1, 0.15) is 5.82 Å². The van der Waals surface area contributed by atoms with Gasteiger partial charge in [0.15, 0.2) is 5.82 Å². The van der Waals surface area contributed by atoms with Crippen molar-refractivity contribution in [2.45, 2.75) is 31.7 Å². The summed E-state index contributed by atoms with van der Waals surface area (Å²) in [4.78, 5) is 15.9. The van der Waals surface area contributed by atoms with Crippen LogP contribution in [0.5, 0.6) is 0 Å². The molecule has 1 saturated carbocycles. The lowest BCUT2D eigenvalue weighted by Gasteiger charge is -2.25. The summed E-state index contributed by atoms with van der Waals surface area (Å²) in [5.74, 6) is -0.114. The first-order chi connectivity index (χ1) is 8.56. The third-order valence-corrected chi connectivity index (χ3v) is 3.97. The van der Waals surface area contributed by atoms with E-state index in [1.807, 2.05) is 22.6 Å². The number of halogens is 2. The van der Waals surface area contributed by atoms with Crippen molar-refractivity contribution in [3.8, 4) is 0 Å². The van der Waals surface area contributed by atoms with Crippen LogP contribution in [0.15, 0.2) is 12.3 Å². The molecule has 1 amide bonds. The van der Waals surface area contributed by atoms with Crippen LogP contribution in [0, 0.1) is 15.3 Å². The van der Waals surface area contributed by atoms with Gasteiger partial charge >= 0.3 is 0 Å². The molecule has 0 spiro atoms. The highest BCUT2D eigenvalue weighted by molar-refractivity contribution is 14.1. The van der Waals surface area contributed by atoms with Gasteiger partial charge in [-0.05, 0) is 47.9 Å². The molecule has 1 aromatic rings. The summed E-state index contributed by atoms with van der Waals surface area (Å²) >= 11 is 1.87. The predicted molar refractivity (Wildman–Crippen MR) is 75.5 cm³/mol. The lowest BCUT2D eigenvalue weighted by atomic mass is 9.85. The van der Waals surface area contributed by atoms with Gasteiger partial charge in [-0.25, -0.2) is 9.37 Å². The fourth-order valence-electron chi connectivity index (χ4n) is 2.18. The van der Waals surface area contributed by atoms with Gasteiger partial charge in [0.2, 0.25) is 5.91 Å². The quantitative estimate of drug-likeness (QED) is 0.793. The number of anilines is 1. The first-order valence-corrected chi connectivity index (χ1v) is 7.01. The Bertz CT molecular complexity index is 455. The molecule has 1 heterocycles. The molecule has 3 N–H and O–H groups in total. The van der Waals surface area contributed by atoms with Crippen LogP contribution in [0.2, 0.25) is 0 Å². The fraction of sp³-hybridized carbons (Fsp3) is 0.500. The second kappa shape index (κ2) is 5.92. The number of nitrogens with two attached hydrogens (primary N) is 1. The van der Waals surface area contributed by atoms with Crippen molar-refractivity contribution < 1.29 is 9.18 Å². The zero-order valence-corrected chi connectivity index (χ0v) is 12.0. The van der Waals surface area contributed by atoms with Gasteiger partial charge in [0.05, 0.1) is 9.77 Å². The molecule has 2 atom stereocenters. The lowest BCUT2D eigenvalue weighted by Crippen LogP contribution is -2.34. The van der Waals surface area contributed by atoms with Crippen molar-refractivity contribution in [3.05, 3.63) is 21.7 Å². The highest BCUT2D eigenvalue weighted by Gasteiger charge is 2.25. The largest absolute Gasteiger partial charge is 0.328 e. The topological polar surface area (TPSA) is 68.0 Å². The van der Waals surface area contributed by atoms with E-state index in [2.05, 4.69) is 10.3 Å². The Morgan fingerprint density at radius 2 is 2.33 bits per heavy atom. The lowest BCUT2D eigenvalue weighted by molar-refractivity contribution is -0.120. The van der Waals surface area contributed by atoms with Crippen LogP contribution in [0.3, 0.4) is 0 Å². The molecular weight excluding hydrogens is 348 g/mol. The normalized spacial score (nSPS) is 23.7. The minimum Gasteiger partial charge on any atom is -0.328 e. The monoisotopic (exact) mass is 363 g/mol. The van der Waals surface area contributed by atoms with Crippen molar-refractivity contribution in [2.24, 2.45) is 11.7 Å². The molecule has 1 aliphatic carbocycles. The summed E-state index contributed by atoms with van der Waals surface area (Å²) in [5.41, 5.74) is 5.85. The minimum atomic E-state index is -0.381. The summed E-state index contributed by atoms with van der Waals surface area (Å²) < 4.78 is 13.5. The van der Waals surface area contributed by atoms with Crippen LogP contribution in [0.1, 0.15) is 25.7 Å². The van der Waals surface area contributed by atoms with Gasteiger partial charge in [0, 0.05) is 12.0 Å². The molecule has 0 radical (unpaired) electrons. The molecule has 98 valence electrons. The first-order valence-electron chi connectivity index (χ1n) is 5.93. The molecule has 18 heavy (non-hydrogen) atoms. The number of hydrogen-bond acceptors (Lipinski definition) is 3. The Morgan fingerprint density at radius 3 is 3.00 bits per heavy atom. The number of nitrogens with zero attached hydrogens (tertiary/aromatic N) is 1. The van der Waals surface area contributed by atoms with Gasteiger partial charge in [-0.2, -0.15) is 0 Å². The van der Waals surface area contributed by atoms with E-state index in [9.17, 15) is 9.18 Å². The number of nitrogens with one attached hydrogen (secondary N) is 1. The summed E-state index contributed by atoms with van der Waals surface area (Å²) in [7, 11) is 0. The third-order valence-electron chi connectivity index (χ3n) is 3.15. The summed E-state index contributed by atoms with van der Waals surface area (Å²) in [6.07, 6.45) is 4.65. The molecular formula is C12H15FIN3O. The fourth-order valence-corrected chi connectivity index (χ4v) is 2.61. The first kappa shape index (κ1) is 13.7. The number of pyridine rings is 1. The second-order valence-corrected chi connectivity index (χ2v) is 5.76. The number of rotatable bonds is 2. The molecule has 4 nitrogen and oxygen atoms in total. The number of amides is 1. The van der Waals surface area contributed by atoms with Crippen molar-refractivity contribution >= 4 is 34.3 Å². The van der Waals surface area contributed by atoms with E-state index < -0.39 is 0 Å². The van der Waals surface area contributed by atoms with Crippen LogP contribution >= 0.6 is 22.6 Å². The van der Waals surface area contributed by atoms with Crippen LogP contribution in [-0.2, 0) is 4.79 Å². The summed E-state index contributed by atoms with van der Waals surface area (Å²) in [5, 5.41) is 2.72. The molecule has 0 unspecified atom stereocenters. The van der Waals surface area contributed by atoms with E-state index in [0.717, 1.165) is 25.5 Å². The van der Waals surface area contributed by atoms with Gasteiger partial charge in [-0.3, -0.25) is 4.79 Å². The van der Waals surface area contributed by atoms with E-state index in [4.69, 9.17) is 5.73 Å². The molecule has 0 bridgehead atoms. The minimum absolute atomic E-state index is 0.0572. The predicted octanol–water partition coefficient (Wildman–Crippen LogP) is 2.28. The van der Waals surface area contributed by atoms with Gasteiger partial charge in [-0.1, -0.05) is 6.42 Å². The molecule has 1 aromatic heterocycles. The Labute approximate surface area is 119 Å². The number of carbonyl (C=O) groups is 1. The molecule has 2 rings (SSSR count). The average Bonchev–Trinajstić information content (AvgIpc) is 2.34. The van der Waals surface area contributed by atoms with Crippen LogP contribution < -0.4 is 11.1 Å². The van der Waals surface area contributed by atoms with Gasteiger partial charge < -0.3 is 11.1 Å². The van der Waals surface area contributed by atoms with Crippen LogP contribution in [0.4, 0.5) is 10.2 Å². The zero-order valence-electron chi connectivity index (χ0n) is 9.83. The van der Waals surface area contributed by atoms with Crippen molar-refractivity contribution in [1.29, 1.82) is 0 Å². The average molecular weight is 363 g/mol. The van der Waals surface area contributed by atoms with Crippen LogP contribution in [-0.4, -0.2) is 16.9 Å². The van der Waals surface area contributed by atoms with Crippen molar-refractivity contribution in [2.75, 3.05) is 5.32 Å². The second-order valence-electron chi connectivity index (χ2n) is 4.60.